The zero-order valence-corrected chi connectivity index (χ0v) is 16.0. The molecular formula is C21H23N3O2S. The van der Waals surface area contributed by atoms with Crippen LogP contribution in [-0.2, 0) is 11.3 Å². The van der Waals surface area contributed by atoms with Gasteiger partial charge in [0, 0.05) is 25.7 Å². The van der Waals surface area contributed by atoms with E-state index in [1.807, 2.05) is 30.3 Å². The number of hydrogen-bond acceptors (Lipinski definition) is 5. The summed E-state index contributed by atoms with van der Waals surface area (Å²) in [5.41, 5.74) is 2.92. The molecule has 1 aliphatic rings. The number of fused-ring (bicyclic) bond motifs is 1. The Kier molecular flexibility index (Phi) is 5.75. The third-order valence-corrected chi connectivity index (χ3v) is 5.63. The van der Waals surface area contributed by atoms with Crippen LogP contribution >= 0.6 is 11.8 Å². The maximum absolute atomic E-state index is 12.3. The summed E-state index contributed by atoms with van der Waals surface area (Å²) in [6.07, 6.45) is 1.98. The van der Waals surface area contributed by atoms with Crippen LogP contribution in [-0.4, -0.2) is 40.7 Å². The normalized spacial score (nSPS) is 15.9. The van der Waals surface area contributed by atoms with Crippen LogP contribution in [0.3, 0.4) is 0 Å². The number of likely N-dealkylation sites (tertiary alicyclic amines) is 1. The van der Waals surface area contributed by atoms with Gasteiger partial charge in [0.2, 0.25) is 5.91 Å². The number of piperidine rings is 1. The lowest BCUT2D eigenvalue weighted by molar-refractivity contribution is -0.119. The van der Waals surface area contributed by atoms with Crippen molar-refractivity contribution in [1.29, 1.82) is 0 Å². The Labute approximate surface area is 163 Å². The summed E-state index contributed by atoms with van der Waals surface area (Å²) in [5, 5.41) is 3.70. The fourth-order valence-corrected chi connectivity index (χ4v) is 4.04. The van der Waals surface area contributed by atoms with Crippen LogP contribution in [0.5, 0.6) is 0 Å². The third kappa shape index (κ3) is 4.90. The number of nitrogens with one attached hydrogen (secondary N) is 1. The quantitative estimate of drug-likeness (QED) is 0.660. The Hall–Kier alpha value is -2.31. The smallest absolute Gasteiger partial charge is 0.257 e. The topological polar surface area (TPSA) is 58.4 Å². The van der Waals surface area contributed by atoms with Crippen LogP contribution in [0, 0.1) is 0 Å². The Morgan fingerprint density at radius 3 is 2.63 bits per heavy atom. The number of oxazole rings is 1. The van der Waals surface area contributed by atoms with Gasteiger partial charge in [-0.3, -0.25) is 9.69 Å². The van der Waals surface area contributed by atoms with Crippen molar-refractivity contribution >= 4 is 28.8 Å². The fraction of sp³-hybridized carbons (Fsp3) is 0.333. The van der Waals surface area contributed by atoms with E-state index in [9.17, 15) is 4.79 Å². The highest BCUT2D eigenvalue weighted by Gasteiger charge is 2.21. The van der Waals surface area contributed by atoms with Crippen LogP contribution in [0.1, 0.15) is 18.4 Å². The van der Waals surface area contributed by atoms with E-state index < -0.39 is 0 Å². The minimum Gasteiger partial charge on any atom is -0.431 e. The molecule has 1 fully saturated rings. The number of carbonyl (C=O) groups is 1. The van der Waals surface area contributed by atoms with Gasteiger partial charge in [-0.05, 0) is 30.5 Å². The summed E-state index contributed by atoms with van der Waals surface area (Å²) in [4.78, 5) is 19.1. The summed E-state index contributed by atoms with van der Waals surface area (Å²) in [7, 11) is 0. The lowest BCUT2D eigenvalue weighted by atomic mass is 10.0. The Bertz CT molecular complexity index is 856. The van der Waals surface area contributed by atoms with Gasteiger partial charge in [-0.2, -0.15) is 0 Å². The van der Waals surface area contributed by atoms with Crippen LogP contribution in [0.4, 0.5) is 0 Å². The molecule has 2 heterocycles. The highest BCUT2D eigenvalue weighted by molar-refractivity contribution is 7.99. The number of benzene rings is 2. The summed E-state index contributed by atoms with van der Waals surface area (Å²) >= 11 is 1.34. The van der Waals surface area contributed by atoms with Crippen molar-refractivity contribution in [2.45, 2.75) is 30.7 Å². The van der Waals surface area contributed by atoms with Gasteiger partial charge in [0.05, 0.1) is 5.75 Å². The van der Waals surface area contributed by atoms with E-state index in [4.69, 9.17) is 4.42 Å². The molecule has 4 rings (SSSR count). The molecule has 1 amide bonds. The molecule has 0 atom stereocenters. The van der Waals surface area contributed by atoms with Crippen LogP contribution in [0.15, 0.2) is 64.2 Å². The number of para-hydroxylation sites is 2. The van der Waals surface area contributed by atoms with Gasteiger partial charge >= 0.3 is 0 Å². The number of thioether (sulfide) groups is 1. The lowest BCUT2D eigenvalue weighted by Crippen LogP contribution is -2.44. The second-order valence-electron chi connectivity index (χ2n) is 6.84. The number of hydrogen-bond donors (Lipinski definition) is 1. The standard InChI is InChI=1S/C21H23N3O2S/c25-20(15-27-21-23-18-8-4-5-9-19(18)26-21)22-17-10-12-24(13-11-17)14-16-6-2-1-3-7-16/h1-9,17H,10-15H2,(H,22,25). The van der Waals surface area contributed by atoms with Gasteiger partial charge < -0.3 is 9.73 Å². The van der Waals surface area contributed by atoms with Crippen molar-refractivity contribution in [1.82, 2.24) is 15.2 Å². The molecule has 6 heteroatoms. The molecule has 0 spiro atoms. The highest BCUT2D eigenvalue weighted by Crippen LogP contribution is 2.23. The van der Waals surface area contributed by atoms with Crippen molar-refractivity contribution in [2.24, 2.45) is 0 Å². The zero-order valence-electron chi connectivity index (χ0n) is 15.1. The first-order valence-electron chi connectivity index (χ1n) is 9.30. The minimum absolute atomic E-state index is 0.0452. The second kappa shape index (κ2) is 8.59. The largest absolute Gasteiger partial charge is 0.431 e. The molecule has 1 aliphatic heterocycles. The molecule has 3 aromatic rings. The van der Waals surface area contributed by atoms with Crippen LogP contribution in [0.2, 0.25) is 0 Å². The number of rotatable bonds is 6. The molecule has 5 nitrogen and oxygen atoms in total. The average molecular weight is 382 g/mol. The Morgan fingerprint density at radius 2 is 1.85 bits per heavy atom. The molecule has 0 saturated carbocycles. The molecule has 140 valence electrons. The lowest BCUT2D eigenvalue weighted by Gasteiger charge is -2.32. The maximum atomic E-state index is 12.3. The van der Waals surface area contributed by atoms with Gasteiger partial charge in [-0.25, -0.2) is 4.98 Å². The van der Waals surface area contributed by atoms with Crippen molar-refractivity contribution in [2.75, 3.05) is 18.8 Å². The van der Waals surface area contributed by atoms with Crippen molar-refractivity contribution < 1.29 is 9.21 Å². The molecule has 2 aromatic carbocycles. The van der Waals surface area contributed by atoms with Crippen molar-refractivity contribution in [3.05, 3.63) is 60.2 Å². The van der Waals surface area contributed by atoms with Gasteiger partial charge in [-0.1, -0.05) is 54.2 Å². The van der Waals surface area contributed by atoms with Gasteiger partial charge in [-0.15, -0.1) is 0 Å². The molecule has 0 unspecified atom stereocenters. The van der Waals surface area contributed by atoms with Crippen molar-refractivity contribution in [3.8, 4) is 0 Å². The predicted molar refractivity (Wildman–Crippen MR) is 108 cm³/mol. The number of amides is 1. The van der Waals surface area contributed by atoms with Gasteiger partial charge in [0.25, 0.3) is 5.22 Å². The molecule has 1 N–H and O–H groups in total. The molecule has 27 heavy (non-hydrogen) atoms. The number of carbonyl (C=O) groups excluding carboxylic acids is 1. The summed E-state index contributed by atoms with van der Waals surface area (Å²) in [6.45, 7) is 3.01. The Morgan fingerprint density at radius 1 is 1.11 bits per heavy atom. The summed E-state index contributed by atoms with van der Waals surface area (Å²) in [5.74, 6) is 0.376. The number of aromatic nitrogens is 1. The van der Waals surface area contributed by atoms with E-state index in [1.54, 1.807) is 0 Å². The molecule has 1 saturated heterocycles. The molecule has 1 aromatic heterocycles. The average Bonchev–Trinajstić information content (AvgIpc) is 3.12. The van der Waals surface area contributed by atoms with E-state index in [0.29, 0.717) is 11.0 Å². The third-order valence-electron chi connectivity index (χ3n) is 4.80. The van der Waals surface area contributed by atoms with E-state index in [1.165, 1.54) is 17.3 Å². The van der Waals surface area contributed by atoms with Crippen LogP contribution < -0.4 is 5.32 Å². The Balaban J connectivity index is 1.20. The molecule has 0 radical (unpaired) electrons. The van der Waals surface area contributed by atoms with E-state index >= 15 is 0 Å². The SMILES string of the molecule is O=C(CSc1nc2ccccc2o1)NC1CCN(Cc2ccccc2)CC1. The minimum atomic E-state index is 0.0452. The second-order valence-corrected chi connectivity index (χ2v) is 7.77. The van der Waals surface area contributed by atoms with E-state index in [0.717, 1.165) is 43.6 Å². The molecule has 0 bridgehead atoms. The first kappa shape index (κ1) is 18.1. The molecule has 0 aliphatic carbocycles. The summed E-state index contributed by atoms with van der Waals surface area (Å²) < 4.78 is 5.64. The van der Waals surface area contributed by atoms with Gasteiger partial charge in [0.1, 0.15) is 5.52 Å². The van der Waals surface area contributed by atoms with Crippen LogP contribution in [0.25, 0.3) is 11.1 Å². The highest BCUT2D eigenvalue weighted by atomic mass is 32.2. The molecular weight excluding hydrogens is 358 g/mol. The maximum Gasteiger partial charge on any atom is 0.257 e. The fourth-order valence-electron chi connectivity index (χ4n) is 3.39. The van der Waals surface area contributed by atoms with E-state index in [2.05, 4.69) is 39.5 Å². The van der Waals surface area contributed by atoms with Crippen molar-refractivity contribution in [3.63, 3.8) is 0 Å². The van der Waals surface area contributed by atoms with Gasteiger partial charge in [0.15, 0.2) is 5.58 Å². The van der Waals surface area contributed by atoms with E-state index in [-0.39, 0.29) is 11.9 Å². The monoisotopic (exact) mass is 381 g/mol. The number of nitrogens with zero attached hydrogens (tertiary/aromatic N) is 2. The zero-order chi connectivity index (χ0) is 18.5. The predicted octanol–water partition coefficient (Wildman–Crippen LogP) is 3.70. The summed E-state index contributed by atoms with van der Waals surface area (Å²) in [6, 6.07) is 18.4. The first-order valence-corrected chi connectivity index (χ1v) is 10.3. The first-order chi connectivity index (χ1) is 13.3.